The predicted molar refractivity (Wildman–Crippen MR) is 95.5 cm³/mol. The van der Waals surface area contributed by atoms with E-state index in [-0.39, 0.29) is 5.82 Å². The average molecular weight is 340 g/mol. The second kappa shape index (κ2) is 7.32. The van der Waals surface area contributed by atoms with Crippen LogP contribution in [0.25, 0.3) is 11.3 Å². The highest BCUT2D eigenvalue weighted by Crippen LogP contribution is 2.23. The summed E-state index contributed by atoms with van der Waals surface area (Å²) in [5, 5.41) is 0.388. The SMILES string of the molecule is Cc1cnc(Cl)c(N=CCc2ccnc(-c3ccc(F)cc3)c2)c1. The van der Waals surface area contributed by atoms with Crippen molar-refractivity contribution in [1.82, 2.24) is 9.97 Å². The fraction of sp³-hybridized carbons (Fsp3) is 0.105. The van der Waals surface area contributed by atoms with Gasteiger partial charge >= 0.3 is 0 Å². The lowest BCUT2D eigenvalue weighted by Crippen LogP contribution is -1.90. The van der Waals surface area contributed by atoms with E-state index in [0.29, 0.717) is 17.3 Å². The minimum Gasteiger partial charge on any atom is -0.258 e. The van der Waals surface area contributed by atoms with Gasteiger partial charge in [-0.2, -0.15) is 0 Å². The maximum atomic E-state index is 13.0. The molecule has 2 heterocycles. The van der Waals surface area contributed by atoms with Crippen LogP contribution in [0.5, 0.6) is 0 Å². The molecule has 1 aromatic carbocycles. The third kappa shape index (κ3) is 4.03. The quantitative estimate of drug-likeness (QED) is 0.484. The van der Waals surface area contributed by atoms with Crippen molar-refractivity contribution in [2.75, 3.05) is 0 Å². The number of benzene rings is 1. The number of hydrogen-bond acceptors (Lipinski definition) is 3. The molecule has 0 aliphatic carbocycles. The number of aromatic nitrogens is 2. The lowest BCUT2D eigenvalue weighted by molar-refractivity contribution is 0.628. The molecule has 3 nitrogen and oxygen atoms in total. The zero-order chi connectivity index (χ0) is 16.9. The standard InChI is InChI=1S/C19H15ClFN3/c1-13-10-18(19(20)24-12-13)23-9-7-14-6-8-22-17(11-14)15-2-4-16(21)5-3-15/h2-6,8-12H,7H2,1H3. The highest BCUT2D eigenvalue weighted by Gasteiger charge is 2.02. The Morgan fingerprint density at radius 3 is 2.71 bits per heavy atom. The number of aliphatic imine (C=N–C) groups is 1. The van der Waals surface area contributed by atoms with E-state index in [1.807, 2.05) is 25.1 Å². The van der Waals surface area contributed by atoms with Crippen molar-refractivity contribution in [3.8, 4) is 11.3 Å². The van der Waals surface area contributed by atoms with Gasteiger partial charge in [0.05, 0.1) is 5.69 Å². The van der Waals surface area contributed by atoms with Crippen LogP contribution in [0.15, 0.2) is 59.9 Å². The Balaban J connectivity index is 1.76. The number of rotatable bonds is 4. The van der Waals surface area contributed by atoms with E-state index in [1.54, 1.807) is 30.7 Å². The second-order valence-corrected chi connectivity index (χ2v) is 5.75. The first-order valence-electron chi connectivity index (χ1n) is 7.47. The Kier molecular flexibility index (Phi) is 4.96. The van der Waals surface area contributed by atoms with Crippen LogP contribution in [0.1, 0.15) is 11.1 Å². The highest BCUT2D eigenvalue weighted by atomic mass is 35.5. The number of halogens is 2. The van der Waals surface area contributed by atoms with Gasteiger partial charge in [0.1, 0.15) is 11.5 Å². The van der Waals surface area contributed by atoms with Gasteiger partial charge < -0.3 is 0 Å². The summed E-state index contributed by atoms with van der Waals surface area (Å²) in [5.41, 5.74) is 4.40. The molecule has 2 aromatic heterocycles. The third-order valence-corrected chi connectivity index (χ3v) is 3.77. The first-order chi connectivity index (χ1) is 11.6. The van der Waals surface area contributed by atoms with Crippen LogP contribution < -0.4 is 0 Å². The summed E-state index contributed by atoms with van der Waals surface area (Å²) in [6.07, 6.45) is 5.88. The van der Waals surface area contributed by atoms with E-state index in [2.05, 4.69) is 15.0 Å². The van der Waals surface area contributed by atoms with Crippen molar-refractivity contribution in [2.45, 2.75) is 13.3 Å². The number of pyridine rings is 2. The molecule has 0 N–H and O–H groups in total. The van der Waals surface area contributed by atoms with Gasteiger partial charge in [0, 0.05) is 30.6 Å². The van der Waals surface area contributed by atoms with Crippen molar-refractivity contribution >= 4 is 23.5 Å². The largest absolute Gasteiger partial charge is 0.258 e. The Labute approximate surface area is 144 Å². The van der Waals surface area contributed by atoms with Crippen molar-refractivity contribution in [2.24, 2.45) is 4.99 Å². The number of aryl methyl sites for hydroxylation is 1. The van der Waals surface area contributed by atoms with Gasteiger partial charge in [-0.05, 0) is 60.5 Å². The summed E-state index contributed by atoms with van der Waals surface area (Å²) in [7, 11) is 0. The maximum absolute atomic E-state index is 13.0. The average Bonchev–Trinajstić information content (AvgIpc) is 2.59. The molecular weight excluding hydrogens is 325 g/mol. The summed E-state index contributed by atoms with van der Waals surface area (Å²) in [5.74, 6) is -0.259. The van der Waals surface area contributed by atoms with Crippen LogP contribution in [-0.4, -0.2) is 16.2 Å². The van der Waals surface area contributed by atoms with Crippen molar-refractivity contribution in [3.63, 3.8) is 0 Å². The molecule has 0 radical (unpaired) electrons. The molecule has 0 bridgehead atoms. The molecule has 0 unspecified atom stereocenters. The molecule has 3 rings (SSSR count). The molecule has 0 amide bonds. The lowest BCUT2D eigenvalue weighted by Gasteiger charge is -2.03. The zero-order valence-electron chi connectivity index (χ0n) is 13.1. The number of hydrogen-bond donors (Lipinski definition) is 0. The summed E-state index contributed by atoms with van der Waals surface area (Å²) in [4.78, 5) is 12.8. The van der Waals surface area contributed by atoms with Gasteiger partial charge in [-0.25, -0.2) is 9.37 Å². The van der Waals surface area contributed by atoms with Gasteiger partial charge in [0.25, 0.3) is 0 Å². The molecule has 0 aliphatic heterocycles. The Morgan fingerprint density at radius 1 is 1.12 bits per heavy atom. The van der Waals surface area contributed by atoms with E-state index < -0.39 is 0 Å². The molecule has 24 heavy (non-hydrogen) atoms. The summed E-state index contributed by atoms with van der Waals surface area (Å²) >= 11 is 6.03. The molecule has 0 saturated carbocycles. The van der Waals surface area contributed by atoms with Gasteiger partial charge in [-0.1, -0.05) is 11.6 Å². The van der Waals surface area contributed by atoms with Gasteiger partial charge in [0.15, 0.2) is 5.15 Å². The van der Waals surface area contributed by atoms with Crippen molar-refractivity contribution < 1.29 is 4.39 Å². The van der Waals surface area contributed by atoms with E-state index in [9.17, 15) is 4.39 Å². The Bertz CT molecular complexity index is 876. The molecule has 5 heteroatoms. The molecule has 0 atom stereocenters. The van der Waals surface area contributed by atoms with Crippen molar-refractivity contribution in [1.29, 1.82) is 0 Å². The Morgan fingerprint density at radius 2 is 1.92 bits per heavy atom. The topological polar surface area (TPSA) is 38.1 Å². The fourth-order valence-electron chi connectivity index (χ4n) is 2.26. The van der Waals surface area contributed by atoms with Crippen LogP contribution >= 0.6 is 11.6 Å². The van der Waals surface area contributed by atoms with E-state index in [1.165, 1.54) is 12.1 Å². The van der Waals surface area contributed by atoms with Gasteiger partial charge in [0.2, 0.25) is 0 Å². The predicted octanol–water partition coefficient (Wildman–Crippen LogP) is 5.19. The lowest BCUT2D eigenvalue weighted by atomic mass is 10.1. The van der Waals surface area contributed by atoms with E-state index in [0.717, 1.165) is 22.4 Å². The van der Waals surface area contributed by atoms with Crippen LogP contribution in [0, 0.1) is 12.7 Å². The molecule has 0 fully saturated rings. The number of nitrogens with zero attached hydrogens (tertiary/aromatic N) is 3. The third-order valence-electron chi connectivity index (χ3n) is 3.48. The van der Waals surface area contributed by atoms with Crippen LogP contribution in [0.4, 0.5) is 10.1 Å². The first kappa shape index (κ1) is 16.3. The van der Waals surface area contributed by atoms with Gasteiger partial charge in [-0.3, -0.25) is 9.98 Å². The fourth-order valence-corrected chi connectivity index (χ4v) is 2.41. The molecule has 0 spiro atoms. The summed E-state index contributed by atoms with van der Waals surface area (Å²) in [6, 6.07) is 12.1. The summed E-state index contributed by atoms with van der Waals surface area (Å²) in [6.45, 7) is 1.94. The molecular formula is C19H15ClFN3. The molecule has 0 aliphatic rings. The normalized spacial score (nSPS) is 11.1. The zero-order valence-corrected chi connectivity index (χ0v) is 13.8. The minimum atomic E-state index is -0.259. The highest BCUT2D eigenvalue weighted by molar-refractivity contribution is 6.31. The minimum absolute atomic E-state index is 0.259. The smallest absolute Gasteiger partial charge is 0.154 e. The maximum Gasteiger partial charge on any atom is 0.154 e. The molecule has 120 valence electrons. The van der Waals surface area contributed by atoms with Gasteiger partial charge in [-0.15, -0.1) is 0 Å². The first-order valence-corrected chi connectivity index (χ1v) is 7.85. The van der Waals surface area contributed by atoms with Crippen LogP contribution in [0.3, 0.4) is 0 Å². The van der Waals surface area contributed by atoms with E-state index >= 15 is 0 Å². The summed E-state index contributed by atoms with van der Waals surface area (Å²) < 4.78 is 13.0. The monoisotopic (exact) mass is 339 g/mol. The van der Waals surface area contributed by atoms with E-state index in [4.69, 9.17) is 11.6 Å². The second-order valence-electron chi connectivity index (χ2n) is 5.39. The van der Waals surface area contributed by atoms with Crippen molar-refractivity contribution in [3.05, 3.63) is 77.0 Å². The van der Waals surface area contributed by atoms with Crippen LogP contribution in [0.2, 0.25) is 5.15 Å². The Hall–Kier alpha value is -2.59. The molecule has 0 saturated heterocycles. The van der Waals surface area contributed by atoms with Crippen LogP contribution in [-0.2, 0) is 6.42 Å². The molecule has 3 aromatic rings.